The number of halogens is 2. The lowest BCUT2D eigenvalue weighted by atomic mass is 10.0. The number of aryl methyl sites for hydroxylation is 2. The fourth-order valence-corrected chi connectivity index (χ4v) is 16.5. The lowest BCUT2D eigenvalue weighted by Gasteiger charge is -2.31. The third-order valence-electron chi connectivity index (χ3n) is 22.9. The van der Waals surface area contributed by atoms with Gasteiger partial charge in [-0.15, -0.1) is 6.54 Å². The highest BCUT2D eigenvalue weighted by atomic mass is 35.7. The molecule has 3 saturated heterocycles. The number of nitrogens with one attached hydrogen (secondary N) is 7. The van der Waals surface area contributed by atoms with Crippen LogP contribution in [0.3, 0.4) is 0 Å². The molecule has 5 atom stereocenters. The number of hydrogen-bond acceptors (Lipinski definition) is 24. The molecule has 41 heteroatoms. The van der Waals surface area contributed by atoms with E-state index in [0.29, 0.717) is 109 Å². The van der Waals surface area contributed by atoms with Gasteiger partial charge in [-0.2, -0.15) is 0 Å². The van der Waals surface area contributed by atoms with Crippen molar-refractivity contribution < 1.29 is 76.7 Å². The summed E-state index contributed by atoms with van der Waals surface area (Å²) in [6.07, 6.45) is 24.9. The van der Waals surface area contributed by atoms with Crippen LogP contribution in [0.5, 0.6) is 0 Å². The van der Waals surface area contributed by atoms with Crippen molar-refractivity contribution in [1.82, 2.24) is 60.8 Å². The molecule has 4 amide bonds. The number of rotatable bonds is 42. The first-order valence-electron chi connectivity index (χ1n) is 48.6. The first-order valence-corrected chi connectivity index (χ1v) is 51.2. The van der Waals surface area contributed by atoms with Crippen molar-refractivity contribution in [3.63, 3.8) is 0 Å². The maximum atomic E-state index is 12.3. The molecule has 3 aliphatic heterocycles. The van der Waals surface area contributed by atoms with Crippen LogP contribution in [0.1, 0.15) is 211 Å². The quantitative estimate of drug-likeness (QED) is 0.00558. The standard InChI is InChI=1S/C28H36N4O5.C17H25ClN3O4.C17H25N3O3.C14H13N3O.C10H20N2O.C6H4ClNO4S.C6H12N2O.C4H8O/c1-20(2)18-31(19-21-10-13-23(14-11-21)32(36)37)26(28(34)35)9-5-6-16-29-27(33)15-12-22-17-30-25-8-4-3-7-24(22)25;1-13(2)11-20(16(17(22)23)5-3-4-10-19-18)12-14-6-8-15(9-7-14)21(24)25;1-13(2)11-19(16-5-3-4-10-18-17(16)21)12-14-6-8-15(9-7-14)20(22)23;18-14(17-8-7-15-10-17)6-5-11-9-16-13-4-2-1-3-12(11)13;1-8(2)7-12-9-5-3-4-6-11-10(9)13;7-13(11,12)6-3-1-5(2-4-6)8(9)10;7-5-3-1-2-4-8-6(5)9;1-4(2)3-5/h3-4,7-8,10-11,13-14,17,20,26,30H,5-6,9,12,15-16,18-19H2,1-2H3,(H,29,33)(H,34,35);6-9,13,16H,3-5,10-12H2,1-2H3,(H,22,23);6-9,13,16H,3-5,10-12H2,1-2H3,(H,18,21);1-4,7-10,16H,5-6H2;8-9,12H,3-7H2,1-2H3,(H,11,13);1-4H;5H,1-4,7H2,(H,8,9);3-4H,1-2H3/q;-1;;;;;;/t26-;2*16-;;9-;;5-;/m111.1.1./s1. The number of aromatic amines is 2. The van der Waals surface area contributed by atoms with Gasteiger partial charge in [0.05, 0.1) is 42.7 Å². The van der Waals surface area contributed by atoms with Crippen LogP contribution in [0.15, 0.2) is 182 Å². The molecule has 0 aliphatic carbocycles. The van der Waals surface area contributed by atoms with Crippen LogP contribution in [-0.4, -0.2) is 209 Å². The van der Waals surface area contributed by atoms with E-state index in [1.807, 2.05) is 106 Å². The Morgan fingerprint density at radius 3 is 1.39 bits per heavy atom. The number of carbonyl (C=O) groups is 8. The third-order valence-corrected chi connectivity index (χ3v) is 24.4. The van der Waals surface area contributed by atoms with Gasteiger partial charge < -0.3 is 62.1 Å². The van der Waals surface area contributed by atoms with Crippen molar-refractivity contribution >= 4 is 124 Å². The molecule has 6 heterocycles. The number of nitrogens with zero attached hydrogens (tertiary/aromatic N) is 10. The second-order valence-corrected chi connectivity index (χ2v) is 39.9. The number of carboxylic acid groups (broad SMARTS) is 2. The van der Waals surface area contributed by atoms with Gasteiger partial charge in [0.2, 0.25) is 29.5 Å². The van der Waals surface area contributed by atoms with Gasteiger partial charge >= 0.3 is 11.9 Å². The summed E-state index contributed by atoms with van der Waals surface area (Å²) in [5.41, 5.74) is 12.6. The minimum atomic E-state index is -3.80. The Kier molecular flexibility index (Phi) is 55.7. The zero-order valence-corrected chi connectivity index (χ0v) is 85.8. The number of carboxylic acids is 2. The van der Waals surface area contributed by atoms with E-state index in [1.165, 1.54) is 58.2 Å². The predicted molar refractivity (Wildman–Crippen MR) is 555 cm³/mol. The second-order valence-electron chi connectivity index (χ2n) is 37.1. The van der Waals surface area contributed by atoms with E-state index >= 15 is 0 Å². The van der Waals surface area contributed by atoms with Crippen molar-refractivity contribution in [3.05, 3.63) is 250 Å². The van der Waals surface area contributed by atoms with E-state index in [1.54, 1.807) is 48.8 Å². The smallest absolute Gasteiger partial charge is 0.320 e. The van der Waals surface area contributed by atoms with Crippen molar-refractivity contribution in [2.75, 3.05) is 58.9 Å². The molecule has 11 N–H and O–H groups in total. The number of nitro benzene ring substituents is 4. The minimum absolute atomic E-state index is 0.00694. The molecule has 143 heavy (non-hydrogen) atoms. The predicted octanol–water partition coefficient (Wildman–Crippen LogP) is 17.3. The molecule has 0 unspecified atom stereocenters. The summed E-state index contributed by atoms with van der Waals surface area (Å²) in [7, 11) is 1.20. The number of para-hydroxylation sites is 2. The number of nitro groups is 4. The molecule has 0 bridgehead atoms. The Bertz CT molecular complexity index is 5500. The van der Waals surface area contributed by atoms with Gasteiger partial charge in [0, 0.05) is 190 Å². The van der Waals surface area contributed by atoms with Crippen LogP contribution < -0.4 is 32.3 Å². The molecular weight excluding hydrogens is 1900 g/mol. The van der Waals surface area contributed by atoms with Crippen LogP contribution >= 0.6 is 22.5 Å². The summed E-state index contributed by atoms with van der Waals surface area (Å²) < 4.78 is 22.9. The molecule has 3 fully saturated rings. The first kappa shape index (κ1) is 121. The summed E-state index contributed by atoms with van der Waals surface area (Å²) in [4.78, 5) is 153. The zero-order valence-electron chi connectivity index (χ0n) is 83.5. The highest BCUT2D eigenvalue weighted by molar-refractivity contribution is 8.13. The van der Waals surface area contributed by atoms with Crippen LogP contribution in [0.4, 0.5) is 22.7 Å². The molecule has 3 aliphatic rings. The van der Waals surface area contributed by atoms with Crippen LogP contribution in [0.25, 0.3) is 26.6 Å². The van der Waals surface area contributed by atoms with E-state index in [2.05, 4.69) is 85.0 Å². The molecule has 0 spiro atoms. The summed E-state index contributed by atoms with van der Waals surface area (Å²) in [5, 5.41) is 79.4. The SMILES string of the molecule is CC(C)C=O.CC(C)CN(Cc1ccc([N+](=O)[O-])cc1)[C@@H]1CCCCNC1=O.CC(C)CN(Cc1ccc([N+](=O)[O-])cc1)[C@H](CCCCNC(=O)CCc1c[nH]c2ccccc12)C(=O)O.CC(C)CN(Cc1ccc([N+](=O)[O-])cc1)[C@H](CCCC[N-]Cl)C(=O)O.CC(C)CN[C@@H]1CCCCNC1=O.N[C@@H]1CCCCNC1=O.O=C(CCc1c[nH]c2ccccc12)n1ccnc1.O=[N+]([O-])c1ccc(S(=O)(=O)Cl)cc1. The molecule has 0 saturated carbocycles. The van der Waals surface area contributed by atoms with Crippen LogP contribution in [0, 0.1) is 70.0 Å². The Hall–Kier alpha value is -12.3. The zero-order chi connectivity index (χ0) is 106. The van der Waals surface area contributed by atoms with Gasteiger partial charge in [-0.25, -0.2) is 13.4 Å². The number of unbranched alkanes of at least 4 members (excludes halogenated alkanes) is 2. The molecular formula is C102H143Cl2N18O20S-. The lowest BCUT2D eigenvalue weighted by molar-refractivity contribution is -0.385. The Morgan fingerprint density at radius 2 is 0.972 bits per heavy atom. The fourth-order valence-electron chi connectivity index (χ4n) is 15.6. The second kappa shape index (κ2) is 65.8. The highest BCUT2D eigenvalue weighted by Gasteiger charge is 2.31. The Balaban J connectivity index is 0.000000303. The van der Waals surface area contributed by atoms with Crippen molar-refractivity contribution in [1.29, 1.82) is 0 Å². The highest BCUT2D eigenvalue weighted by Crippen LogP contribution is 2.27. The van der Waals surface area contributed by atoms with Gasteiger partial charge in [0.1, 0.15) is 24.7 Å². The number of amides is 4. The molecule has 6 aromatic carbocycles. The van der Waals surface area contributed by atoms with Crippen molar-refractivity contribution in [2.24, 2.45) is 35.3 Å². The molecule has 12 rings (SSSR count). The fraction of sp³-hybridized carbons (Fsp3) is 0.500. The van der Waals surface area contributed by atoms with E-state index < -0.39 is 52.8 Å². The maximum absolute atomic E-state index is 12.3. The molecule has 782 valence electrons. The number of aromatic nitrogens is 4. The number of fused-ring (bicyclic) bond motifs is 2. The van der Waals surface area contributed by atoms with Gasteiger partial charge in [-0.1, -0.05) is 155 Å². The number of hydrogen-bond donors (Lipinski definition) is 10. The molecule has 3 aromatic heterocycles. The molecule has 9 aromatic rings. The van der Waals surface area contributed by atoms with Crippen molar-refractivity contribution in [2.45, 2.75) is 246 Å². The summed E-state index contributed by atoms with van der Waals surface area (Å²) in [6.45, 7) is 28.3. The van der Waals surface area contributed by atoms with E-state index in [0.717, 1.165) is 179 Å². The average molecular weight is 2040 g/mol. The minimum Gasteiger partial charge on any atom is -0.575 e. The number of non-ortho nitro benzene ring substituents is 4. The Labute approximate surface area is 846 Å². The van der Waals surface area contributed by atoms with Crippen molar-refractivity contribution in [3.8, 4) is 0 Å². The molecule has 0 radical (unpaired) electrons. The van der Waals surface area contributed by atoms with Gasteiger partial charge in [-0.3, -0.25) is 105 Å². The number of carbonyl (C=O) groups excluding carboxylic acids is 6. The third kappa shape index (κ3) is 47.2. The Morgan fingerprint density at radius 1 is 0.552 bits per heavy atom. The monoisotopic (exact) mass is 2040 g/mol. The lowest BCUT2D eigenvalue weighted by Crippen LogP contribution is -2.46. The van der Waals surface area contributed by atoms with Crippen LogP contribution in [0.2, 0.25) is 0 Å². The van der Waals surface area contributed by atoms with E-state index in [4.69, 9.17) is 28.2 Å². The normalized spacial score (nSPS) is 15.1. The molecule has 38 nitrogen and oxygen atoms in total. The first-order chi connectivity index (χ1) is 68.1. The average Bonchev–Trinajstić information content (AvgIpc) is 1.68. The van der Waals surface area contributed by atoms with Gasteiger partial charge in [0.15, 0.2) is 0 Å². The van der Waals surface area contributed by atoms with Crippen LogP contribution in [-0.2, 0) is 75.1 Å². The van der Waals surface area contributed by atoms with Gasteiger partial charge in [-0.05, 0) is 179 Å². The topological polar surface area (TPSA) is 543 Å². The summed E-state index contributed by atoms with van der Waals surface area (Å²) in [5.74, 6) is 0.424. The number of nitrogens with two attached hydrogens (primary N) is 1. The number of aliphatic carboxylic acids is 2. The number of H-pyrrole nitrogens is 2. The largest absolute Gasteiger partial charge is 0.575 e. The number of aldehydes is 1. The van der Waals surface area contributed by atoms with Gasteiger partial charge in [0.25, 0.3) is 31.8 Å². The summed E-state index contributed by atoms with van der Waals surface area (Å²) >= 11 is 5.30. The maximum Gasteiger partial charge on any atom is 0.320 e. The summed E-state index contributed by atoms with van der Waals surface area (Å²) in [6, 6.07) is 37.9. The number of benzene rings is 6. The van der Waals surface area contributed by atoms with E-state index in [-0.39, 0.29) is 87.1 Å². The van der Waals surface area contributed by atoms with E-state index in [9.17, 15) is 97.4 Å². The number of imidazole rings is 1.